The van der Waals surface area contributed by atoms with Crippen molar-refractivity contribution in [2.45, 2.75) is 9.79 Å². The number of hydrogen-bond donors (Lipinski definition) is 4. The lowest BCUT2D eigenvalue weighted by Crippen LogP contribution is -1.95. The quantitative estimate of drug-likeness (QED) is 0.411. The average molecular weight is 461 g/mol. The molecule has 0 saturated heterocycles. The van der Waals surface area contributed by atoms with Crippen molar-refractivity contribution in [2.24, 2.45) is 0 Å². The van der Waals surface area contributed by atoms with Crippen molar-refractivity contribution in [2.75, 3.05) is 0 Å². The van der Waals surface area contributed by atoms with Crippen molar-refractivity contribution in [1.29, 1.82) is 0 Å². The van der Waals surface area contributed by atoms with E-state index in [-0.39, 0.29) is 32.7 Å². The molecule has 0 aliphatic carbocycles. The largest absolute Gasteiger partial charge is 0.478 e. The van der Waals surface area contributed by atoms with E-state index in [2.05, 4.69) is 0 Å². The standard InChI is InChI=1S/C14H10O4S2.C2H2O4S2/c15-13(16)9-3-1-5-11(7-9)19-20-12-6-2-4-10(8-12)14(17)18;3-1(4)7-8-2(5)6/h1-8H,(H,15,16)(H,17,18);(H,3,4)(H,5,6). The third kappa shape index (κ3) is 9.60. The first-order valence-electron chi connectivity index (χ1n) is 7.00. The molecule has 0 bridgehead atoms. The minimum atomic E-state index is -1.20. The van der Waals surface area contributed by atoms with Crippen LogP contribution in [0.1, 0.15) is 20.7 Å². The van der Waals surface area contributed by atoms with Gasteiger partial charge in [-0.15, -0.1) is 0 Å². The van der Waals surface area contributed by atoms with Crippen LogP contribution >= 0.6 is 43.2 Å². The van der Waals surface area contributed by atoms with Gasteiger partial charge in [0.1, 0.15) is 0 Å². The van der Waals surface area contributed by atoms with Gasteiger partial charge in [-0.1, -0.05) is 33.7 Å². The Labute approximate surface area is 174 Å². The highest BCUT2D eigenvalue weighted by molar-refractivity contribution is 8.86. The normalized spacial score (nSPS) is 9.71. The second-order valence-electron chi connectivity index (χ2n) is 4.53. The number of rotatable bonds is 5. The lowest BCUT2D eigenvalue weighted by molar-refractivity contribution is 0.0685. The van der Waals surface area contributed by atoms with Gasteiger partial charge in [0, 0.05) is 31.4 Å². The molecular formula is C16H12O8S4. The predicted octanol–water partition coefficient (Wildman–Crippen LogP) is 5.61. The maximum Gasteiger partial charge on any atom is 0.376 e. The molecule has 0 unspecified atom stereocenters. The molecule has 4 N–H and O–H groups in total. The van der Waals surface area contributed by atoms with Crippen molar-refractivity contribution >= 4 is 65.7 Å². The topological polar surface area (TPSA) is 149 Å². The Balaban J connectivity index is 0.000000416. The van der Waals surface area contributed by atoms with Crippen LogP contribution in [0.25, 0.3) is 0 Å². The molecule has 12 heteroatoms. The molecule has 0 heterocycles. The molecule has 2 aromatic carbocycles. The van der Waals surface area contributed by atoms with Crippen LogP contribution in [0.2, 0.25) is 0 Å². The fraction of sp³-hybridized carbons (Fsp3) is 0. The van der Waals surface area contributed by atoms with Gasteiger partial charge in [-0.25, -0.2) is 19.2 Å². The monoisotopic (exact) mass is 460 g/mol. The smallest absolute Gasteiger partial charge is 0.376 e. The van der Waals surface area contributed by atoms with Gasteiger partial charge in [-0.2, -0.15) is 0 Å². The fourth-order valence-electron chi connectivity index (χ4n) is 1.53. The molecule has 0 amide bonds. The Kier molecular flexibility index (Phi) is 10.4. The first kappa shape index (κ1) is 23.8. The second kappa shape index (κ2) is 12.2. The number of aromatic carboxylic acids is 2. The highest BCUT2D eigenvalue weighted by atomic mass is 33.1. The van der Waals surface area contributed by atoms with Crippen molar-refractivity contribution in [1.82, 2.24) is 0 Å². The maximum atomic E-state index is 10.9. The lowest BCUT2D eigenvalue weighted by atomic mass is 10.2. The molecule has 0 saturated carbocycles. The van der Waals surface area contributed by atoms with Gasteiger partial charge >= 0.3 is 22.5 Å². The zero-order valence-corrected chi connectivity index (χ0v) is 16.9. The molecular weight excluding hydrogens is 448 g/mol. The highest BCUT2D eigenvalue weighted by Crippen LogP contribution is 2.37. The van der Waals surface area contributed by atoms with Gasteiger partial charge in [0.15, 0.2) is 0 Å². The molecule has 0 radical (unpaired) electrons. The molecule has 0 spiro atoms. The molecule has 0 aromatic heterocycles. The first-order valence-corrected chi connectivity index (χ1v) is 11.3. The van der Waals surface area contributed by atoms with Crippen molar-refractivity contribution < 1.29 is 39.6 Å². The van der Waals surface area contributed by atoms with Gasteiger partial charge in [0.05, 0.1) is 11.1 Å². The van der Waals surface area contributed by atoms with E-state index in [0.717, 1.165) is 9.79 Å². The van der Waals surface area contributed by atoms with Crippen LogP contribution in [-0.4, -0.2) is 43.0 Å². The summed E-state index contributed by atoms with van der Waals surface area (Å²) in [6.45, 7) is 0. The maximum absolute atomic E-state index is 10.9. The number of carboxylic acids is 2. The Morgan fingerprint density at radius 2 is 0.964 bits per heavy atom. The Morgan fingerprint density at radius 3 is 1.25 bits per heavy atom. The molecule has 0 aliphatic heterocycles. The summed E-state index contributed by atoms with van der Waals surface area (Å²) in [5.74, 6) is -1.93. The van der Waals surface area contributed by atoms with Crippen LogP contribution in [0.15, 0.2) is 58.3 Å². The van der Waals surface area contributed by atoms with Gasteiger partial charge in [0.2, 0.25) is 0 Å². The van der Waals surface area contributed by atoms with E-state index < -0.39 is 22.5 Å². The van der Waals surface area contributed by atoms with E-state index in [9.17, 15) is 19.2 Å². The van der Waals surface area contributed by atoms with E-state index in [1.165, 1.54) is 33.7 Å². The van der Waals surface area contributed by atoms with Crippen LogP contribution in [0.4, 0.5) is 9.59 Å². The molecule has 2 aromatic rings. The molecule has 28 heavy (non-hydrogen) atoms. The van der Waals surface area contributed by atoms with Crippen molar-refractivity contribution in [3.8, 4) is 0 Å². The van der Waals surface area contributed by atoms with Gasteiger partial charge in [0.25, 0.3) is 0 Å². The van der Waals surface area contributed by atoms with Crippen LogP contribution in [0, 0.1) is 0 Å². The third-order valence-electron chi connectivity index (χ3n) is 2.58. The summed E-state index contributed by atoms with van der Waals surface area (Å²) in [5.41, 5.74) is 0.463. The summed E-state index contributed by atoms with van der Waals surface area (Å²) < 4.78 is 0. The lowest BCUT2D eigenvalue weighted by Gasteiger charge is -2.03. The molecule has 0 fully saturated rings. The van der Waals surface area contributed by atoms with E-state index >= 15 is 0 Å². The van der Waals surface area contributed by atoms with Gasteiger partial charge in [-0.05, 0) is 36.4 Å². The number of carbonyl (C=O) groups is 4. The van der Waals surface area contributed by atoms with E-state index in [0.29, 0.717) is 0 Å². The van der Waals surface area contributed by atoms with E-state index in [1.807, 2.05) is 12.1 Å². The summed E-state index contributed by atoms with van der Waals surface area (Å²) in [5, 5.41) is 31.1. The zero-order chi connectivity index (χ0) is 21.1. The average Bonchev–Trinajstić information content (AvgIpc) is 2.65. The van der Waals surface area contributed by atoms with Crippen LogP contribution in [-0.2, 0) is 0 Å². The number of hydrogen-bond acceptors (Lipinski definition) is 8. The van der Waals surface area contributed by atoms with Crippen LogP contribution < -0.4 is 0 Å². The molecule has 2 rings (SSSR count). The van der Waals surface area contributed by atoms with Gasteiger partial charge < -0.3 is 20.4 Å². The summed E-state index contributed by atoms with van der Waals surface area (Å²) >= 11 is 0. The number of carboxylic acid groups (broad SMARTS) is 4. The SMILES string of the molecule is O=C(O)SSC(=O)O.O=C(O)c1cccc(SSc2cccc(C(=O)O)c2)c1. The van der Waals surface area contributed by atoms with Crippen molar-refractivity contribution in [3.63, 3.8) is 0 Å². The van der Waals surface area contributed by atoms with E-state index in [1.54, 1.807) is 24.3 Å². The van der Waals surface area contributed by atoms with Crippen LogP contribution in [0.5, 0.6) is 0 Å². The van der Waals surface area contributed by atoms with Gasteiger partial charge in [-0.3, -0.25) is 0 Å². The Bertz CT molecular complexity index is 800. The summed E-state index contributed by atoms with van der Waals surface area (Å²) in [4.78, 5) is 42.5. The third-order valence-corrected chi connectivity index (χ3v) is 6.44. The minimum absolute atomic E-state index is 0.231. The fourth-order valence-corrected chi connectivity index (χ4v) is 4.11. The van der Waals surface area contributed by atoms with Crippen LogP contribution in [0.3, 0.4) is 0 Å². The summed E-state index contributed by atoms with van der Waals surface area (Å²) in [6, 6.07) is 13.2. The second-order valence-corrected chi connectivity index (χ2v) is 8.84. The van der Waals surface area contributed by atoms with Crippen molar-refractivity contribution in [3.05, 3.63) is 59.7 Å². The number of benzene rings is 2. The molecule has 148 valence electrons. The van der Waals surface area contributed by atoms with E-state index in [4.69, 9.17) is 20.4 Å². The summed E-state index contributed by atoms with van der Waals surface area (Å²) in [7, 11) is 3.32. The molecule has 0 aliphatic rings. The predicted molar refractivity (Wildman–Crippen MR) is 110 cm³/mol. The Hall–Kier alpha value is -2.28. The molecule has 8 nitrogen and oxygen atoms in total. The minimum Gasteiger partial charge on any atom is -0.478 e. The first-order chi connectivity index (χ1) is 13.2. The Morgan fingerprint density at radius 1 is 0.607 bits per heavy atom. The zero-order valence-electron chi connectivity index (χ0n) is 13.7. The summed E-state index contributed by atoms with van der Waals surface area (Å²) in [6.07, 6.45) is 0. The molecule has 0 atom stereocenters. The highest BCUT2D eigenvalue weighted by Gasteiger charge is 2.06.